The van der Waals surface area contributed by atoms with E-state index in [1.807, 2.05) is 6.92 Å². The van der Waals surface area contributed by atoms with Gasteiger partial charge in [0.25, 0.3) is 10.0 Å². The third-order valence-corrected chi connectivity index (χ3v) is 6.01. The van der Waals surface area contributed by atoms with Crippen molar-refractivity contribution in [2.75, 3.05) is 11.3 Å². The average Bonchev–Trinajstić information content (AvgIpc) is 2.89. The van der Waals surface area contributed by atoms with Crippen molar-refractivity contribution in [2.24, 2.45) is 0 Å². The number of nitrogens with one attached hydrogen (secondary N) is 2. The molecule has 2 rings (SSSR count). The van der Waals surface area contributed by atoms with Gasteiger partial charge in [0.05, 0.1) is 10.7 Å². The first-order chi connectivity index (χ1) is 9.94. The highest BCUT2D eigenvalue weighted by Crippen LogP contribution is 2.29. The van der Waals surface area contributed by atoms with Gasteiger partial charge in [-0.1, -0.05) is 34.5 Å². The Bertz CT molecular complexity index is 732. The second-order valence-electron chi connectivity index (χ2n) is 4.22. The van der Waals surface area contributed by atoms with Crippen molar-refractivity contribution >= 4 is 54.6 Å². The van der Waals surface area contributed by atoms with Gasteiger partial charge in [0.1, 0.15) is 4.90 Å². The summed E-state index contributed by atoms with van der Waals surface area (Å²) >= 11 is 10.8. The highest BCUT2D eigenvalue weighted by atomic mass is 79.9. The molecular formula is C13H14BrClN2O2S2. The molecule has 0 aliphatic rings. The third kappa shape index (κ3) is 4.20. The SMILES string of the molecule is CCNCc1sccc1S(=O)(=O)Nc1ccc(Br)cc1Cl. The lowest BCUT2D eigenvalue weighted by atomic mass is 10.3. The molecule has 1 heterocycles. The van der Waals surface area contributed by atoms with Crippen LogP contribution in [0.4, 0.5) is 5.69 Å². The molecule has 0 unspecified atom stereocenters. The molecule has 0 spiro atoms. The summed E-state index contributed by atoms with van der Waals surface area (Å²) in [4.78, 5) is 1.06. The number of halogens is 2. The topological polar surface area (TPSA) is 58.2 Å². The van der Waals surface area contributed by atoms with Crippen molar-refractivity contribution < 1.29 is 8.42 Å². The second-order valence-corrected chi connectivity index (χ2v) is 8.19. The molecule has 0 radical (unpaired) electrons. The summed E-state index contributed by atoms with van der Waals surface area (Å²) in [6, 6.07) is 6.61. The van der Waals surface area contributed by atoms with Crippen LogP contribution >= 0.6 is 38.9 Å². The fourth-order valence-electron chi connectivity index (χ4n) is 1.71. The van der Waals surface area contributed by atoms with Crippen LogP contribution in [0, 0.1) is 0 Å². The van der Waals surface area contributed by atoms with E-state index < -0.39 is 10.0 Å². The highest BCUT2D eigenvalue weighted by Gasteiger charge is 2.20. The normalized spacial score (nSPS) is 11.6. The fraction of sp³-hybridized carbons (Fsp3) is 0.231. The van der Waals surface area contributed by atoms with E-state index in [4.69, 9.17) is 11.6 Å². The first kappa shape index (κ1) is 16.8. The maximum atomic E-state index is 12.5. The molecule has 1 aromatic carbocycles. The van der Waals surface area contributed by atoms with Gasteiger partial charge >= 0.3 is 0 Å². The molecule has 2 N–H and O–H groups in total. The van der Waals surface area contributed by atoms with E-state index in [2.05, 4.69) is 26.0 Å². The van der Waals surface area contributed by atoms with E-state index in [0.29, 0.717) is 17.3 Å². The predicted octanol–water partition coefficient (Wildman–Crippen LogP) is 4.07. The van der Waals surface area contributed by atoms with E-state index in [0.717, 1.165) is 15.9 Å². The number of hydrogen-bond acceptors (Lipinski definition) is 4. The van der Waals surface area contributed by atoms with Crippen LogP contribution in [-0.2, 0) is 16.6 Å². The zero-order chi connectivity index (χ0) is 15.5. The van der Waals surface area contributed by atoms with Crippen LogP contribution in [0.15, 0.2) is 39.0 Å². The van der Waals surface area contributed by atoms with Crippen molar-refractivity contribution in [1.82, 2.24) is 5.32 Å². The Labute approximate surface area is 141 Å². The van der Waals surface area contributed by atoms with Crippen molar-refractivity contribution in [3.8, 4) is 0 Å². The molecule has 21 heavy (non-hydrogen) atoms. The van der Waals surface area contributed by atoms with Crippen molar-refractivity contribution in [2.45, 2.75) is 18.4 Å². The number of thiophene rings is 1. The predicted molar refractivity (Wildman–Crippen MR) is 91.7 cm³/mol. The molecule has 8 heteroatoms. The number of rotatable bonds is 6. The standard InChI is InChI=1S/C13H14BrClN2O2S2/c1-2-16-8-12-13(5-6-20-12)21(18,19)17-11-4-3-9(14)7-10(11)15/h3-7,16-17H,2,8H2,1H3. The summed E-state index contributed by atoms with van der Waals surface area (Å²) < 4.78 is 28.3. The van der Waals surface area contributed by atoms with Crippen LogP contribution < -0.4 is 10.0 Å². The molecule has 0 fully saturated rings. The quantitative estimate of drug-likeness (QED) is 0.756. The number of anilines is 1. The van der Waals surface area contributed by atoms with Crippen LogP contribution in [0.25, 0.3) is 0 Å². The first-order valence-corrected chi connectivity index (χ1v) is 9.72. The lowest BCUT2D eigenvalue weighted by Gasteiger charge is -2.10. The maximum Gasteiger partial charge on any atom is 0.263 e. The minimum Gasteiger partial charge on any atom is -0.312 e. The van der Waals surface area contributed by atoms with Gasteiger partial charge < -0.3 is 5.32 Å². The smallest absolute Gasteiger partial charge is 0.263 e. The third-order valence-electron chi connectivity index (χ3n) is 2.71. The highest BCUT2D eigenvalue weighted by molar-refractivity contribution is 9.10. The largest absolute Gasteiger partial charge is 0.312 e. The molecule has 1 aromatic heterocycles. The van der Waals surface area contributed by atoms with Gasteiger partial charge in [0, 0.05) is 15.9 Å². The Hall–Kier alpha value is -0.600. The first-order valence-electron chi connectivity index (χ1n) is 6.19. The Morgan fingerprint density at radius 3 is 2.76 bits per heavy atom. The fourth-order valence-corrected chi connectivity index (χ4v) is 4.98. The zero-order valence-corrected chi connectivity index (χ0v) is 15.2. The van der Waals surface area contributed by atoms with Crippen molar-refractivity contribution in [1.29, 1.82) is 0 Å². The molecule has 0 atom stereocenters. The van der Waals surface area contributed by atoms with Gasteiger partial charge in [-0.15, -0.1) is 11.3 Å². The van der Waals surface area contributed by atoms with Crippen molar-refractivity contribution in [3.05, 3.63) is 44.0 Å². The summed E-state index contributed by atoms with van der Waals surface area (Å²) in [5.41, 5.74) is 0.362. The van der Waals surface area contributed by atoms with E-state index in [1.54, 1.807) is 29.6 Å². The molecule has 0 bridgehead atoms. The van der Waals surface area contributed by atoms with Crippen LogP contribution in [0.2, 0.25) is 5.02 Å². The van der Waals surface area contributed by atoms with Crippen LogP contribution in [0.1, 0.15) is 11.8 Å². The van der Waals surface area contributed by atoms with Gasteiger partial charge in [0.15, 0.2) is 0 Å². The molecule has 0 saturated heterocycles. The van der Waals surface area contributed by atoms with Crippen LogP contribution in [0.3, 0.4) is 0 Å². The summed E-state index contributed by atoms with van der Waals surface area (Å²) in [6.07, 6.45) is 0. The van der Waals surface area contributed by atoms with E-state index >= 15 is 0 Å². The molecule has 0 aliphatic heterocycles. The van der Waals surface area contributed by atoms with Gasteiger partial charge in [-0.05, 0) is 36.2 Å². The summed E-state index contributed by atoms with van der Waals surface area (Å²) in [6.45, 7) is 3.28. The molecule has 0 saturated carbocycles. The number of benzene rings is 1. The zero-order valence-electron chi connectivity index (χ0n) is 11.2. The van der Waals surface area contributed by atoms with E-state index in [-0.39, 0.29) is 4.90 Å². The average molecular weight is 410 g/mol. The molecule has 0 amide bonds. The Morgan fingerprint density at radius 2 is 2.10 bits per heavy atom. The molecule has 2 aromatic rings. The molecular weight excluding hydrogens is 396 g/mol. The minimum absolute atomic E-state index is 0.285. The Balaban J connectivity index is 2.28. The second kappa shape index (κ2) is 7.11. The van der Waals surface area contributed by atoms with Gasteiger partial charge in [-0.2, -0.15) is 0 Å². The lowest BCUT2D eigenvalue weighted by molar-refractivity contribution is 0.599. The van der Waals surface area contributed by atoms with Gasteiger partial charge in [-0.3, -0.25) is 4.72 Å². The van der Waals surface area contributed by atoms with Gasteiger partial charge in [0.2, 0.25) is 0 Å². The van der Waals surface area contributed by atoms with E-state index in [9.17, 15) is 8.42 Å². The molecule has 114 valence electrons. The van der Waals surface area contributed by atoms with Gasteiger partial charge in [-0.25, -0.2) is 8.42 Å². The molecule has 4 nitrogen and oxygen atoms in total. The minimum atomic E-state index is -3.65. The van der Waals surface area contributed by atoms with E-state index in [1.165, 1.54) is 11.3 Å². The number of sulfonamides is 1. The lowest BCUT2D eigenvalue weighted by Crippen LogP contribution is -2.17. The maximum absolute atomic E-state index is 12.5. The Kier molecular flexibility index (Phi) is 5.67. The summed E-state index contributed by atoms with van der Waals surface area (Å²) in [5, 5.41) is 5.24. The monoisotopic (exact) mass is 408 g/mol. The summed E-state index contributed by atoms with van der Waals surface area (Å²) in [7, 11) is -3.65. The Morgan fingerprint density at radius 1 is 1.33 bits per heavy atom. The van der Waals surface area contributed by atoms with Crippen molar-refractivity contribution in [3.63, 3.8) is 0 Å². The van der Waals surface area contributed by atoms with Crippen LogP contribution in [-0.4, -0.2) is 15.0 Å². The molecule has 0 aliphatic carbocycles. The van der Waals surface area contributed by atoms with Crippen LogP contribution in [0.5, 0.6) is 0 Å². The summed E-state index contributed by atoms with van der Waals surface area (Å²) in [5.74, 6) is 0. The number of hydrogen-bond donors (Lipinski definition) is 2.